The number of piperazine rings is 1. The highest BCUT2D eigenvalue weighted by molar-refractivity contribution is 6.43. The van der Waals surface area contributed by atoms with E-state index in [0.717, 1.165) is 0 Å². The minimum absolute atomic E-state index is 0.0834. The Balaban J connectivity index is 1.70. The predicted molar refractivity (Wildman–Crippen MR) is 106 cm³/mol. The predicted octanol–water partition coefficient (Wildman–Crippen LogP) is 3.57. The van der Waals surface area contributed by atoms with Gasteiger partial charge in [0, 0.05) is 25.7 Å². The number of methoxy groups -OCH3 is 1. The summed E-state index contributed by atoms with van der Waals surface area (Å²) in [4.78, 5) is 20.8. The van der Waals surface area contributed by atoms with Crippen LogP contribution in [0.1, 0.15) is 23.0 Å². The minimum Gasteiger partial charge on any atom is -0.495 e. The molecule has 1 aliphatic rings. The third-order valence-electron chi connectivity index (χ3n) is 4.60. The van der Waals surface area contributed by atoms with E-state index in [0.29, 0.717) is 47.5 Å². The Morgan fingerprint density at radius 1 is 1.26 bits per heavy atom. The van der Waals surface area contributed by atoms with Crippen LogP contribution in [0.5, 0.6) is 5.75 Å². The van der Waals surface area contributed by atoms with E-state index in [1.165, 1.54) is 0 Å². The Hall–Kier alpha value is -2.31. The van der Waals surface area contributed by atoms with Gasteiger partial charge in [0.15, 0.2) is 0 Å². The largest absolute Gasteiger partial charge is 0.495 e. The monoisotopic (exact) mass is 406 g/mol. The van der Waals surface area contributed by atoms with Crippen molar-refractivity contribution in [3.63, 3.8) is 0 Å². The first-order valence-corrected chi connectivity index (χ1v) is 9.27. The Kier molecular flexibility index (Phi) is 5.87. The number of amides is 1. The summed E-state index contributed by atoms with van der Waals surface area (Å²) < 4.78 is 5.10. The fourth-order valence-electron chi connectivity index (χ4n) is 3.09. The second kappa shape index (κ2) is 8.15. The Bertz CT molecular complexity index is 857. The molecule has 1 amide bonds. The van der Waals surface area contributed by atoms with Crippen LogP contribution in [-0.2, 0) is 0 Å². The molecule has 2 aromatic rings. The molecule has 0 aliphatic carbocycles. The average Bonchev–Trinajstić information content (AvgIpc) is 2.69. The molecule has 1 unspecified atom stereocenters. The number of carbonyl (C=O) groups excluding carboxylic acids is 1. The number of amidine groups is 1. The lowest BCUT2D eigenvalue weighted by molar-refractivity contribution is 0.0580. The van der Waals surface area contributed by atoms with Crippen LogP contribution in [0.15, 0.2) is 36.5 Å². The summed E-state index contributed by atoms with van der Waals surface area (Å²) in [5.74, 6) is 0.829. The number of ether oxygens (including phenoxy) is 1. The van der Waals surface area contributed by atoms with Gasteiger partial charge in [-0.2, -0.15) is 0 Å². The molecule has 1 aromatic carbocycles. The molecule has 2 heterocycles. The molecule has 8 heteroatoms. The van der Waals surface area contributed by atoms with E-state index in [-0.39, 0.29) is 17.0 Å². The highest BCUT2D eigenvalue weighted by Crippen LogP contribution is 2.27. The molecule has 1 aromatic heterocycles. The van der Waals surface area contributed by atoms with E-state index in [1.54, 1.807) is 48.5 Å². The molecule has 1 atom stereocenters. The Labute approximate surface area is 168 Å². The lowest BCUT2D eigenvalue weighted by Gasteiger charge is -2.41. The Morgan fingerprint density at radius 2 is 2.04 bits per heavy atom. The minimum atomic E-state index is -0.149. The summed E-state index contributed by atoms with van der Waals surface area (Å²) in [5, 5.41) is 9.06. The number of pyridine rings is 1. The number of halogens is 2. The van der Waals surface area contributed by atoms with Gasteiger partial charge >= 0.3 is 0 Å². The number of aromatic nitrogens is 1. The van der Waals surface area contributed by atoms with Gasteiger partial charge in [-0.25, -0.2) is 4.98 Å². The van der Waals surface area contributed by atoms with Gasteiger partial charge < -0.3 is 14.5 Å². The SMILES string of the molecule is COc1ccc(C(=N)N2CCN(C(=O)c3cccc(Cl)c3Cl)C(C)C2)nc1. The molecular formula is C19H20Cl2N4O2. The Morgan fingerprint density at radius 3 is 2.67 bits per heavy atom. The van der Waals surface area contributed by atoms with Crippen molar-refractivity contribution in [3.8, 4) is 5.75 Å². The smallest absolute Gasteiger partial charge is 0.255 e. The van der Waals surface area contributed by atoms with E-state index >= 15 is 0 Å². The molecule has 27 heavy (non-hydrogen) atoms. The maximum absolute atomic E-state index is 12.9. The zero-order valence-corrected chi connectivity index (χ0v) is 16.6. The molecule has 0 bridgehead atoms. The lowest BCUT2D eigenvalue weighted by Crippen LogP contribution is -2.55. The third-order valence-corrected chi connectivity index (χ3v) is 5.42. The van der Waals surface area contributed by atoms with Crippen LogP contribution in [0.4, 0.5) is 0 Å². The molecule has 0 spiro atoms. The van der Waals surface area contributed by atoms with Gasteiger partial charge in [-0.1, -0.05) is 29.3 Å². The van der Waals surface area contributed by atoms with Crippen LogP contribution >= 0.6 is 23.2 Å². The number of benzene rings is 1. The summed E-state index contributed by atoms with van der Waals surface area (Å²) in [6.45, 7) is 3.52. The van der Waals surface area contributed by atoms with Crippen molar-refractivity contribution in [1.82, 2.24) is 14.8 Å². The normalized spacial score (nSPS) is 17.0. The summed E-state index contributed by atoms with van der Waals surface area (Å²) in [5.41, 5.74) is 0.969. The molecular weight excluding hydrogens is 387 g/mol. The van der Waals surface area contributed by atoms with Gasteiger partial charge in [-0.3, -0.25) is 10.2 Å². The molecule has 1 N–H and O–H groups in total. The molecule has 0 saturated carbocycles. The molecule has 1 saturated heterocycles. The first-order chi connectivity index (χ1) is 12.9. The summed E-state index contributed by atoms with van der Waals surface area (Å²) in [6.07, 6.45) is 1.59. The van der Waals surface area contributed by atoms with Gasteiger partial charge in [0.05, 0.1) is 28.9 Å². The van der Waals surface area contributed by atoms with Gasteiger partial charge in [0.1, 0.15) is 17.3 Å². The number of hydrogen-bond donors (Lipinski definition) is 1. The second-order valence-corrected chi connectivity index (χ2v) is 7.11. The molecule has 0 radical (unpaired) electrons. The highest BCUT2D eigenvalue weighted by atomic mass is 35.5. The van der Waals surface area contributed by atoms with E-state index in [4.69, 9.17) is 33.3 Å². The zero-order chi connectivity index (χ0) is 19.6. The molecule has 6 nitrogen and oxygen atoms in total. The molecule has 1 aliphatic heterocycles. The number of hydrogen-bond acceptors (Lipinski definition) is 4. The number of rotatable bonds is 3. The fraction of sp³-hybridized carbons (Fsp3) is 0.316. The van der Waals surface area contributed by atoms with Crippen molar-refractivity contribution in [3.05, 3.63) is 57.8 Å². The van der Waals surface area contributed by atoms with E-state index in [1.807, 2.05) is 11.8 Å². The number of carbonyl (C=O) groups is 1. The number of nitrogens with one attached hydrogen (secondary N) is 1. The van der Waals surface area contributed by atoms with Crippen LogP contribution in [0.2, 0.25) is 10.0 Å². The first-order valence-electron chi connectivity index (χ1n) is 8.51. The molecule has 3 rings (SSSR count). The van der Waals surface area contributed by atoms with Crippen LogP contribution in [0.3, 0.4) is 0 Å². The summed E-state index contributed by atoms with van der Waals surface area (Å²) >= 11 is 12.2. The van der Waals surface area contributed by atoms with Gasteiger partial charge in [-0.15, -0.1) is 0 Å². The molecule has 142 valence electrons. The maximum atomic E-state index is 12.9. The van der Waals surface area contributed by atoms with Gasteiger partial charge in [0.25, 0.3) is 5.91 Å². The van der Waals surface area contributed by atoms with Crippen molar-refractivity contribution in [2.75, 3.05) is 26.7 Å². The van der Waals surface area contributed by atoms with E-state index < -0.39 is 0 Å². The van der Waals surface area contributed by atoms with Crippen molar-refractivity contribution in [2.24, 2.45) is 0 Å². The van der Waals surface area contributed by atoms with Gasteiger partial charge in [0.2, 0.25) is 0 Å². The zero-order valence-electron chi connectivity index (χ0n) is 15.1. The lowest BCUT2D eigenvalue weighted by atomic mass is 10.1. The van der Waals surface area contributed by atoms with Gasteiger partial charge in [-0.05, 0) is 31.2 Å². The van der Waals surface area contributed by atoms with Crippen molar-refractivity contribution in [1.29, 1.82) is 5.41 Å². The van der Waals surface area contributed by atoms with Crippen LogP contribution in [-0.4, -0.2) is 59.3 Å². The van der Waals surface area contributed by atoms with Crippen molar-refractivity contribution < 1.29 is 9.53 Å². The summed E-state index contributed by atoms with van der Waals surface area (Å²) in [6, 6.07) is 8.51. The third kappa shape index (κ3) is 4.01. The second-order valence-electron chi connectivity index (χ2n) is 6.33. The van der Waals surface area contributed by atoms with Crippen LogP contribution in [0, 0.1) is 5.41 Å². The molecule has 1 fully saturated rings. The summed E-state index contributed by atoms with van der Waals surface area (Å²) in [7, 11) is 1.58. The van der Waals surface area contributed by atoms with Crippen LogP contribution in [0.25, 0.3) is 0 Å². The number of nitrogens with zero attached hydrogens (tertiary/aromatic N) is 3. The fourth-order valence-corrected chi connectivity index (χ4v) is 3.47. The standard InChI is InChI=1S/C19H20Cl2N4O2/c1-12-11-24(18(22)16-7-6-13(27-2)10-23-16)8-9-25(12)19(26)14-4-3-5-15(20)17(14)21/h3-7,10,12,22H,8-9,11H2,1-2H3. The highest BCUT2D eigenvalue weighted by Gasteiger charge is 2.31. The average molecular weight is 407 g/mol. The topological polar surface area (TPSA) is 69.5 Å². The first kappa shape index (κ1) is 19.5. The van der Waals surface area contributed by atoms with Crippen molar-refractivity contribution in [2.45, 2.75) is 13.0 Å². The van der Waals surface area contributed by atoms with E-state index in [9.17, 15) is 4.79 Å². The van der Waals surface area contributed by atoms with E-state index in [2.05, 4.69) is 4.98 Å². The van der Waals surface area contributed by atoms with Crippen LogP contribution < -0.4 is 4.74 Å². The van der Waals surface area contributed by atoms with Crippen molar-refractivity contribution >= 4 is 34.9 Å². The quantitative estimate of drug-likeness (QED) is 0.624. The maximum Gasteiger partial charge on any atom is 0.255 e.